The molecule has 108 valence electrons. The Morgan fingerprint density at radius 2 is 1.95 bits per heavy atom. The lowest BCUT2D eigenvalue weighted by Crippen LogP contribution is -2.12. The van der Waals surface area contributed by atoms with Crippen LogP contribution in [0.25, 0.3) is 10.2 Å². The number of fused-ring (bicyclic) bond motifs is 1. The third kappa shape index (κ3) is 2.80. The van der Waals surface area contributed by atoms with Crippen molar-refractivity contribution in [3.8, 4) is 5.75 Å². The summed E-state index contributed by atoms with van der Waals surface area (Å²) < 4.78 is 27.6. The Balaban J connectivity index is 1.99. The summed E-state index contributed by atoms with van der Waals surface area (Å²) in [6, 6.07) is 10.6. The number of phenolic OH excluding ortho intramolecular Hbond substituents is 1. The lowest BCUT2D eigenvalue weighted by molar-refractivity contribution is 0.473. The highest BCUT2D eigenvalue weighted by molar-refractivity contribution is 7.93. The van der Waals surface area contributed by atoms with Gasteiger partial charge in [-0.15, -0.1) is 0 Å². The van der Waals surface area contributed by atoms with Gasteiger partial charge in [-0.05, 0) is 24.3 Å². The highest BCUT2D eigenvalue weighted by Gasteiger charge is 2.17. The SMILES string of the molecule is O=S(=O)(Nc1nc2cccc(Cl)c2s1)c1cccc(O)c1. The van der Waals surface area contributed by atoms with Gasteiger partial charge in [-0.3, -0.25) is 4.72 Å². The monoisotopic (exact) mass is 340 g/mol. The van der Waals surface area contributed by atoms with E-state index in [1.807, 2.05) is 0 Å². The number of rotatable bonds is 3. The normalized spacial score (nSPS) is 11.7. The summed E-state index contributed by atoms with van der Waals surface area (Å²) >= 11 is 7.19. The number of nitrogens with zero attached hydrogens (tertiary/aromatic N) is 1. The van der Waals surface area contributed by atoms with Crippen LogP contribution < -0.4 is 4.72 Å². The van der Waals surface area contributed by atoms with E-state index in [9.17, 15) is 13.5 Å². The quantitative estimate of drug-likeness (QED) is 0.765. The number of hydrogen-bond acceptors (Lipinski definition) is 5. The fraction of sp³-hybridized carbons (Fsp3) is 0. The molecule has 5 nitrogen and oxygen atoms in total. The zero-order valence-corrected chi connectivity index (χ0v) is 12.8. The first-order valence-electron chi connectivity index (χ1n) is 5.83. The Kier molecular flexibility index (Phi) is 3.48. The largest absolute Gasteiger partial charge is 0.508 e. The highest BCUT2D eigenvalue weighted by atomic mass is 35.5. The molecule has 0 aliphatic carbocycles. The van der Waals surface area contributed by atoms with Crippen molar-refractivity contribution in [1.82, 2.24) is 4.98 Å². The van der Waals surface area contributed by atoms with Gasteiger partial charge in [0.15, 0.2) is 5.13 Å². The molecule has 0 saturated carbocycles. The maximum absolute atomic E-state index is 12.2. The van der Waals surface area contributed by atoms with Gasteiger partial charge in [0.05, 0.1) is 20.1 Å². The molecule has 0 aliphatic heterocycles. The van der Waals surface area contributed by atoms with Crippen LogP contribution in [-0.4, -0.2) is 18.5 Å². The molecule has 21 heavy (non-hydrogen) atoms. The lowest BCUT2D eigenvalue weighted by Gasteiger charge is -2.04. The van der Waals surface area contributed by atoms with Crippen LogP contribution in [0.3, 0.4) is 0 Å². The second kappa shape index (κ2) is 5.18. The molecule has 2 N–H and O–H groups in total. The molecular formula is C13H9ClN2O3S2. The molecule has 2 aromatic carbocycles. The van der Waals surface area contributed by atoms with Gasteiger partial charge in [-0.1, -0.05) is 35.1 Å². The van der Waals surface area contributed by atoms with Crippen LogP contribution in [-0.2, 0) is 10.0 Å². The molecule has 1 aromatic heterocycles. The van der Waals surface area contributed by atoms with E-state index in [1.165, 1.54) is 24.3 Å². The zero-order valence-electron chi connectivity index (χ0n) is 10.4. The van der Waals surface area contributed by atoms with E-state index < -0.39 is 10.0 Å². The zero-order chi connectivity index (χ0) is 15.0. The van der Waals surface area contributed by atoms with Crippen LogP contribution in [0.15, 0.2) is 47.4 Å². The molecule has 0 unspecified atom stereocenters. The van der Waals surface area contributed by atoms with E-state index in [1.54, 1.807) is 18.2 Å². The highest BCUT2D eigenvalue weighted by Crippen LogP contribution is 2.32. The Morgan fingerprint density at radius 1 is 1.19 bits per heavy atom. The number of nitrogens with one attached hydrogen (secondary N) is 1. The standard InChI is InChI=1S/C13H9ClN2O3S2/c14-10-5-2-6-11-12(10)20-13(15-11)16-21(18,19)9-4-1-3-8(17)7-9/h1-7,17H,(H,15,16). The van der Waals surface area contributed by atoms with E-state index in [0.29, 0.717) is 15.2 Å². The molecule has 0 bridgehead atoms. The van der Waals surface area contributed by atoms with Crippen molar-refractivity contribution < 1.29 is 13.5 Å². The Labute approximate surface area is 129 Å². The van der Waals surface area contributed by atoms with E-state index in [0.717, 1.165) is 11.3 Å². The third-order valence-electron chi connectivity index (χ3n) is 2.72. The minimum absolute atomic E-state index is 0.0344. The summed E-state index contributed by atoms with van der Waals surface area (Å²) in [6.45, 7) is 0. The molecule has 0 amide bonds. The number of hydrogen-bond donors (Lipinski definition) is 2. The van der Waals surface area contributed by atoms with Crippen molar-refractivity contribution in [3.05, 3.63) is 47.5 Å². The predicted molar refractivity (Wildman–Crippen MR) is 83.5 cm³/mol. The summed E-state index contributed by atoms with van der Waals surface area (Å²) in [5, 5.41) is 10.1. The summed E-state index contributed by atoms with van der Waals surface area (Å²) in [5.74, 6) is -0.120. The van der Waals surface area contributed by atoms with Crippen molar-refractivity contribution in [3.63, 3.8) is 0 Å². The second-order valence-corrected chi connectivity index (χ2v) is 7.30. The van der Waals surface area contributed by atoms with Crippen LogP contribution in [0.5, 0.6) is 5.75 Å². The number of anilines is 1. The smallest absolute Gasteiger partial charge is 0.263 e. The number of phenols is 1. The molecule has 0 spiro atoms. The molecule has 0 aliphatic rings. The molecule has 0 fully saturated rings. The first kappa shape index (κ1) is 14.1. The molecule has 8 heteroatoms. The number of aromatic hydroxyl groups is 1. The molecule has 1 heterocycles. The van der Waals surface area contributed by atoms with Crippen LogP contribution in [0.4, 0.5) is 5.13 Å². The fourth-order valence-corrected chi connectivity index (χ4v) is 4.21. The summed E-state index contributed by atoms with van der Waals surface area (Å²) in [7, 11) is -3.80. The third-order valence-corrected chi connectivity index (χ3v) is 5.63. The van der Waals surface area contributed by atoms with E-state index in [-0.39, 0.29) is 15.8 Å². The van der Waals surface area contributed by atoms with Crippen LogP contribution in [0.2, 0.25) is 5.02 Å². The number of sulfonamides is 1. The molecular weight excluding hydrogens is 332 g/mol. The first-order valence-corrected chi connectivity index (χ1v) is 8.50. The molecule has 0 radical (unpaired) electrons. The molecule has 3 rings (SSSR count). The van der Waals surface area contributed by atoms with Crippen molar-refractivity contribution >= 4 is 48.3 Å². The summed E-state index contributed by atoms with van der Waals surface area (Å²) in [4.78, 5) is 4.15. The van der Waals surface area contributed by atoms with E-state index in [4.69, 9.17) is 11.6 Å². The van der Waals surface area contributed by atoms with Crippen molar-refractivity contribution in [2.24, 2.45) is 0 Å². The van der Waals surface area contributed by atoms with E-state index in [2.05, 4.69) is 9.71 Å². The first-order chi connectivity index (χ1) is 9.95. The molecule has 0 atom stereocenters. The topological polar surface area (TPSA) is 79.3 Å². The van der Waals surface area contributed by atoms with Gasteiger partial charge < -0.3 is 5.11 Å². The van der Waals surface area contributed by atoms with Gasteiger partial charge in [0.25, 0.3) is 10.0 Å². The molecule has 3 aromatic rings. The van der Waals surface area contributed by atoms with Crippen molar-refractivity contribution in [2.45, 2.75) is 4.90 Å². The van der Waals surface area contributed by atoms with Crippen LogP contribution in [0.1, 0.15) is 0 Å². The average molecular weight is 341 g/mol. The maximum atomic E-state index is 12.2. The van der Waals surface area contributed by atoms with Gasteiger partial charge >= 0.3 is 0 Å². The van der Waals surface area contributed by atoms with E-state index >= 15 is 0 Å². The van der Waals surface area contributed by atoms with Crippen molar-refractivity contribution in [2.75, 3.05) is 4.72 Å². The van der Waals surface area contributed by atoms with Gasteiger partial charge in [-0.25, -0.2) is 13.4 Å². The lowest BCUT2D eigenvalue weighted by atomic mass is 10.3. The Bertz CT molecular complexity index is 922. The van der Waals surface area contributed by atoms with Crippen LogP contribution >= 0.6 is 22.9 Å². The average Bonchev–Trinajstić information content (AvgIpc) is 2.82. The number of halogens is 1. The van der Waals surface area contributed by atoms with Gasteiger partial charge in [0.1, 0.15) is 5.75 Å². The maximum Gasteiger partial charge on any atom is 0.263 e. The Morgan fingerprint density at radius 3 is 2.67 bits per heavy atom. The van der Waals surface area contributed by atoms with Gasteiger partial charge in [0, 0.05) is 6.07 Å². The van der Waals surface area contributed by atoms with Gasteiger partial charge in [-0.2, -0.15) is 0 Å². The second-order valence-electron chi connectivity index (χ2n) is 4.21. The minimum Gasteiger partial charge on any atom is -0.508 e. The fourth-order valence-electron chi connectivity index (χ4n) is 1.78. The number of thiazole rings is 1. The minimum atomic E-state index is -3.80. The predicted octanol–water partition coefficient (Wildman–Crippen LogP) is 3.46. The van der Waals surface area contributed by atoms with Crippen LogP contribution in [0, 0.1) is 0 Å². The summed E-state index contributed by atoms with van der Waals surface area (Å²) in [6.07, 6.45) is 0. The molecule has 0 saturated heterocycles. The number of benzene rings is 2. The van der Waals surface area contributed by atoms with Gasteiger partial charge in [0.2, 0.25) is 0 Å². The summed E-state index contributed by atoms with van der Waals surface area (Å²) in [5.41, 5.74) is 0.626. The Hall–Kier alpha value is -1.83. The van der Waals surface area contributed by atoms with Crippen molar-refractivity contribution in [1.29, 1.82) is 0 Å². The number of aromatic nitrogens is 1.